The molecule has 0 bridgehead atoms. The number of carbonyl (C=O) groups excluding carboxylic acids is 1. The summed E-state index contributed by atoms with van der Waals surface area (Å²) in [6, 6.07) is 0.463. The van der Waals surface area contributed by atoms with Gasteiger partial charge in [-0.05, 0) is 27.7 Å². The summed E-state index contributed by atoms with van der Waals surface area (Å²) in [5.41, 5.74) is -0.347. The summed E-state index contributed by atoms with van der Waals surface area (Å²) in [5, 5.41) is 6.96. The first-order valence-corrected chi connectivity index (χ1v) is 6.26. The molecule has 0 aliphatic carbocycles. The van der Waals surface area contributed by atoms with Gasteiger partial charge in [0, 0.05) is 32.2 Å². The Bertz CT molecular complexity index is 305. The van der Waals surface area contributed by atoms with Crippen LogP contribution < -0.4 is 10.6 Å². The van der Waals surface area contributed by atoms with E-state index in [-0.39, 0.29) is 11.6 Å². The van der Waals surface area contributed by atoms with E-state index in [1.807, 2.05) is 20.8 Å². The Morgan fingerprint density at radius 2 is 2.06 bits per heavy atom. The Kier molecular flexibility index (Phi) is 3.08. The minimum atomic E-state index is -0.411. The van der Waals surface area contributed by atoms with E-state index in [0.717, 1.165) is 26.2 Å². The van der Waals surface area contributed by atoms with Crippen LogP contribution >= 0.6 is 0 Å². The van der Waals surface area contributed by atoms with Crippen LogP contribution in [0.15, 0.2) is 0 Å². The minimum Gasteiger partial charge on any atom is -0.444 e. The van der Waals surface area contributed by atoms with Gasteiger partial charge in [-0.25, -0.2) is 4.79 Å². The van der Waals surface area contributed by atoms with Gasteiger partial charge in [-0.1, -0.05) is 0 Å². The topological polar surface area (TPSA) is 53.6 Å². The average molecular weight is 241 g/mol. The lowest BCUT2D eigenvalue weighted by Crippen LogP contribution is -2.78. The Morgan fingerprint density at radius 3 is 2.59 bits per heavy atom. The van der Waals surface area contributed by atoms with E-state index < -0.39 is 5.60 Å². The molecule has 2 fully saturated rings. The van der Waals surface area contributed by atoms with Gasteiger partial charge < -0.3 is 20.3 Å². The number of ether oxygens (including phenoxy) is 1. The number of rotatable bonds is 0. The fraction of sp³-hybridized carbons (Fsp3) is 0.917. The summed E-state index contributed by atoms with van der Waals surface area (Å²) in [4.78, 5) is 13.6. The number of hydrogen-bond donors (Lipinski definition) is 2. The fourth-order valence-electron chi connectivity index (χ4n) is 2.50. The van der Waals surface area contributed by atoms with E-state index >= 15 is 0 Å². The van der Waals surface area contributed by atoms with Crippen LogP contribution in [0.4, 0.5) is 4.79 Å². The van der Waals surface area contributed by atoms with Crippen LogP contribution in [0.5, 0.6) is 0 Å². The summed E-state index contributed by atoms with van der Waals surface area (Å²) >= 11 is 0. The number of likely N-dealkylation sites (tertiary alicyclic amines) is 1. The highest BCUT2D eigenvalue weighted by Crippen LogP contribution is 2.25. The first-order chi connectivity index (χ1) is 7.80. The summed E-state index contributed by atoms with van der Waals surface area (Å²) in [6.45, 7) is 11.2. The molecule has 2 rings (SSSR count). The van der Waals surface area contributed by atoms with Crippen LogP contribution in [0.2, 0.25) is 0 Å². The minimum absolute atomic E-state index is 0.0641. The van der Waals surface area contributed by atoms with Crippen LogP contribution in [-0.2, 0) is 4.74 Å². The molecule has 1 atom stereocenters. The van der Waals surface area contributed by atoms with Crippen molar-refractivity contribution in [2.45, 2.75) is 44.9 Å². The van der Waals surface area contributed by atoms with E-state index in [2.05, 4.69) is 17.6 Å². The highest BCUT2D eigenvalue weighted by Gasteiger charge is 2.48. The monoisotopic (exact) mass is 241 g/mol. The molecule has 2 aliphatic rings. The van der Waals surface area contributed by atoms with E-state index in [1.54, 1.807) is 4.90 Å². The second-order valence-electron chi connectivity index (χ2n) is 6.29. The number of nitrogens with one attached hydrogen (secondary N) is 2. The smallest absolute Gasteiger partial charge is 0.410 e. The van der Waals surface area contributed by atoms with E-state index in [0.29, 0.717) is 6.04 Å². The van der Waals surface area contributed by atoms with Crippen LogP contribution in [0.1, 0.15) is 27.7 Å². The second-order valence-corrected chi connectivity index (χ2v) is 6.29. The number of amides is 1. The average Bonchev–Trinajstić information content (AvgIpc) is 2.10. The Balaban J connectivity index is 1.83. The molecule has 5 heteroatoms. The molecule has 0 radical (unpaired) electrons. The zero-order chi connectivity index (χ0) is 12.7. The zero-order valence-electron chi connectivity index (χ0n) is 11.2. The normalized spacial score (nSPS) is 27.8. The third kappa shape index (κ3) is 2.90. The van der Waals surface area contributed by atoms with Crippen LogP contribution in [-0.4, -0.2) is 54.4 Å². The van der Waals surface area contributed by atoms with Gasteiger partial charge in [-0.15, -0.1) is 0 Å². The second kappa shape index (κ2) is 4.14. The molecule has 0 aromatic rings. The van der Waals surface area contributed by atoms with E-state index in [1.165, 1.54) is 0 Å². The van der Waals surface area contributed by atoms with E-state index in [4.69, 9.17) is 4.74 Å². The van der Waals surface area contributed by atoms with Gasteiger partial charge >= 0.3 is 6.09 Å². The molecule has 1 spiro atoms. The fourth-order valence-corrected chi connectivity index (χ4v) is 2.50. The molecule has 1 amide bonds. The third-order valence-corrected chi connectivity index (χ3v) is 3.11. The van der Waals surface area contributed by atoms with Crippen molar-refractivity contribution in [1.29, 1.82) is 0 Å². The molecule has 2 N–H and O–H groups in total. The van der Waals surface area contributed by atoms with Crippen molar-refractivity contribution in [3.05, 3.63) is 0 Å². The summed E-state index contributed by atoms with van der Waals surface area (Å²) in [7, 11) is 0. The lowest BCUT2D eigenvalue weighted by Gasteiger charge is -2.53. The van der Waals surface area contributed by atoms with Gasteiger partial charge in [0.2, 0.25) is 0 Å². The lowest BCUT2D eigenvalue weighted by atomic mass is 9.87. The molecule has 17 heavy (non-hydrogen) atoms. The molecule has 0 unspecified atom stereocenters. The van der Waals surface area contributed by atoms with Gasteiger partial charge in [-0.2, -0.15) is 0 Å². The maximum Gasteiger partial charge on any atom is 0.410 e. The third-order valence-electron chi connectivity index (χ3n) is 3.11. The molecule has 0 aromatic carbocycles. The quantitative estimate of drug-likeness (QED) is 0.650. The maximum atomic E-state index is 11.8. The maximum absolute atomic E-state index is 11.8. The molecule has 98 valence electrons. The van der Waals surface area contributed by atoms with Crippen molar-refractivity contribution in [2.24, 2.45) is 0 Å². The Labute approximate surface area is 103 Å². The van der Waals surface area contributed by atoms with Crippen LogP contribution in [0, 0.1) is 0 Å². The molecule has 0 saturated carbocycles. The van der Waals surface area contributed by atoms with Gasteiger partial charge in [0.05, 0.1) is 5.54 Å². The van der Waals surface area contributed by atoms with Gasteiger partial charge in [0.15, 0.2) is 0 Å². The predicted octanol–water partition coefficient (Wildman–Crippen LogP) is 0.557. The summed E-state index contributed by atoms with van der Waals surface area (Å²) in [5.74, 6) is 0. The van der Waals surface area contributed by atoms with Crippen LogP contribution in [0.3, 0.4) is 0 Å². The van der Waals surface area contributed by atoms with Crippen molar-refractivity contribution >= 4 is 6.09 Å². The van der Waals surface area contributed by atoms with Crippen molar-refractivity contribution < 1.29 is 9.53 Å². The number of hydrogen-bond acceptors (Lipinski definition) is 4. The van der Waals surface area contributed by atoms with Crippen molar-refractivity contribution in [2.75, 3.05) is 26.2 Å². The SMILES string of the molecule is C[C@@H]1CNCC2(CN(C(=O)OC(C)(C)C)C2)N1. The van der Waals surface area contributed by atoms with Crippen molar-refractivity contribution in [1.82, 2.24) is 15.5 Å². The van der Waals surface area contributed by atoms with Crippen molar-refractivity contribution in [3.63, 3.8) is 0 Å². The Hall–Kier alpha value is -0.810. The standard InChI is InChI=1S/C12H23N3O2/c1-9-5-13-6-12(14-9)7-15(8-12)10(16)17-11(2,3)4/h9,13-14H,5-8H2,1-4H3/t9-/m1/s1. The summed E-state index contributed by atoms with van der Waals surface area (Å²) in [6.07, 6.45) is -0.205. The van der Waals surface area contributed by atoms with Gasteiger partial charge in [0.1, 0.15) is 5.60 Å². The highest BCUT2D eigenvalue weighted by atomic mass is 16.6. The molecular weight excluding hydrogens is 218 g/mol. The predicted molar refractivity (Wildman–Crippen MR) is 66.0 cm³/mol. The molecule has 2 saturated heterocycles. The zero-order valence-corrected chi connectivity index (χ0v) is 11.2. The molecular formula is C12H23N3O2. The summed E-state index contributed by atoms with van der Waals surface area (Å²) < 4.78 is 5.34. The number of piperazine rings is 1. The number of nitrogens with zero attached hydrogens (tertiary/aromatic N) is 1. The largest absolute Gasteiger partial charge is 0.444 e. The molecule has 0 aromatic heterocycles. The van der Waals surface area contributed by atoms with Gasteiger partial charge in [0.25, 0.3) is 0 Å². The number of carbonyl (C=O) groups is 1. The van der Waals surface area contributed by atoms with E-state index in [9.17, 15) is 4.79 Å². The first-order valence-electron chi connectivity index (χ1n) is 6.26. The Morgan fingerprint density at radius 1 is 1.41 bits per heavy atom. The van der Waals surface area contributed by atoms with Crippen LogP contribution in [0.25, 0.3) is 0 Å². The molecule has 5 nitrogen and oxygen atoms in total. The lowest BCUT2D eigenvalue weighted by molar-refractivity contribution is -0.0232. The highest BCUT2D eigenvalue weighted by molar-refractivity contribution is 5.70. The molecule has 2 aliphatic heterocycles. The first kappa shape index (κ1) is 12.6. The van der Waals surface area contributed by atoms with Gasteiger partial charge in [-0.3, -0.25) is 0 Å². The molecule has 2 heterocycles. The van der Waals surface area contributed by atoms with Crippen molar-refractivity contribution in [3.8, 4) is 0 Å².